The number of rotatable bonds is 3. The Labute approximate surface area is 142 Å². The summed E-state index contributed by atoms with van der Waals surface area (Å²) < 4.78 is 0. The summed E-state index contributed by atoms with van der Waals surface area (Å²) in [5.41, 5.74) is 7.53. The minimum Gasteiger partial charge on any atom is -0.365 e. The van der Waals surface area contributed by atoms with Gasteiger partial charge in [0.2, 0.25) is 0 Å². The number of aryl methyl sites for hydroxylation is 1. The second kappa shape index (κ2) is 6.47. The van der Waals surface area contributed by atoms with Crippen molar-refractivity contribution >= 4 is 45.5 Å². The summed E-state index contributed by atoms with van der Waals surface area (Å²) in [7, 11) is 0. The normalized spacial score (nSPS) is 12.5. The van der Waals surface area contributed by atoms with Gasteiger partial charge in [-0.15, -0.1) is 11.3 Å². The van der Waals surface area contributed by atoms with Crippen molar-refractivity contribution in [1.29, 1.82) is 0 Å². The molecule has 1 aromatic heterocycles. The predicted octanol–water partition coefficient (Wildman–Crippen LogP) is 2.46. The third kappa shape index (κ3) is 3.25. The third-order valence-corrected chi connectivity index (χ3v) is 5.07. The fourth-order valence-corrected chi connectivity index (χ4v) is 4.21. The summed E-state index contributed by atoms with van der Waals surface area (Å²) >= 11 is 6.65. The highest BCUT2D eigenvalue weighted by molar-refractivity contribution is 7.80. The van der Waals surface area contributed by atoms with E-state index in [9.17, 15) is 9.59 Å². The summed E-state index contributed by atoms with van der Waals surface area (Å²) in [6, 6.07) is 8.79. The van der Waals surface area contributed by atoms with Crippen LogP contribution in [0.15, 0.2) is 30.3 Å². The Morgan fingerprint density at radius 2 is 1.91 bits per heavy atom. The van der Waals surface area contributed by atoms with Gasteiger partial charge in [0.15, 0.2) is 5.11 Å². The van der Waals surface area contributed by atoms with Gasteiger partial charge in [-0.1, -0.05) is 18.2 Å². The molecule has 0 fully saturated rings. The summed E-state index contributed by atoms with van der Waals surface area (Å²) in [4.78, 5) is 25.0. The molecule has 0 spiro atoms. The topological polar surface area (TPSA) is 84.2 Å². The van der Waals surface area contributed by atoms with Crippen LogP contribution in [0.5, 0.6) is 0 Å². The van der Waals surface area contributed by atoms with Crippen LogP contribution >= 0.6 is 23.6 Å². The first kappa shape index (κ1) is 15.6. The number of nitrogens with one attached hydrogen (secondary N) is 2. The van der Waals surface area contributed by atoms with Crippen molar-refractivity contribution in [1.82, 2.24) is 5.32 Å². The van der Waals surface area contributed by atoms with Crippen LogP contribution in [0.25, 0.3) is 0 Å². The number of hydrogen-bond donors (Lipinski definition) is 3. The maximum Gasteiger partial charge on any atom is 0.257 e. The lowest BCUT2D eigenvalue weighted by atomic mass is 10.1. The minimum absolute atomic E-state index is 0.154. The van der Waals surface area contributed by atoms with E-state index in [0.717, 1.165) is 24.8 Å². The number of anilines is 1. The number of fused-ring (bicyclic) bond motifs is 1. The van der Waals surface area contributed by atoms with Gasteiger partial charge < -0.3 is 11.1 Å². The predicted molar refractivity (Wildman–Crippen MR) is 95.0 cm³/mol. The van der Waals surface area contributed by atoms with Crippen molar-refractivity contribution in [3.05, 3.63) is 51.9 Å². The highest BCUT2D eigenvalue weighted by Gasteiger charge is 2.25. The number of thiophene rings is 1. The van der Waals surface area contributed by atoms with Crippen molar-refractivity contribution in [3.8, 4) is 0 Å². The zero-order chi connectivity index (χ0) is 16.4. The zero-order valence-corrected chi connectivity index (χ0v) is 13.9. The van der Waals surface area contributed by atoms with E-state index in [-0.39, 0.29) is 11.0 Å². The Morgan fingerprint density at radius 1 is 1.17 bits per heavy atom. The number of amides is 2. The molecule has 1 aliphatic rings. The molecule has 0 atom stereocenters. The number of carbonyl (C=O) groups is 2. The van der Waals surface area contributed by atoms with E-state index >= 15 is 0 Å². The average molecular weight is 345 g/mol. The highest BCUT2D eigenvalue weighted by Crippen LogP contribution is 2.38. The van der Waals surface area contributed by atoms with Crippen molar-refractivity contribution in [2.24, 2.45) is 5.73 Å². The molecule has 0 aliphatic heterocycles. The summed E-state index contributed by atoms with van der Waals surface area (Å²) in [6.07, 6.45) is 2.84. The molecule has 23 heavy (non-hydrogen) atoms. The van der Waals surface area contributed by atoms with E-state index in [4.69, 9.17) is 18.0 Å². The molecule has 1 heterocycles. The molecule has 0 radical (unpaired) electrons. The second-order valence-corrected chi connectivity index (χ2v) is 6.71. The van der Waals surface area contributed by atoms with Gasteiger partial charge >= 0.3 is 0 Å². The summed E-state index contributed by atoms with van der Waals surface area (Å²) in [5.74, 6) is -0.767. The molecule has 2 aromatic rings. The molecule has 5 nitrogen and oxygen atoms in total. The first-order valence-electron chi connectivity index (χ1n) is 7.18. The second-order valence-electron chi connectivity index (χ2n) is 5.20. The number of primary amides is 1. The van der Waals surface area contributed by atoms with E-state index in [1.165, 1.54) is 16.2 Å². The van der Waals surface area contributed by atoms with Gasteiger partial charge in [0, 0.05) is 10.4 Å². The number of thiocarbonyl (C=S) groups is 1. The van der Waals surface area contributed by atoms with Gasteiger partial charge in [-0.05, 0) is 49.2 Å². The lowest BCUT2D eigenvalue weighted by molar-refractivity contribution is 0.0975. The lowest BCUT2D eigenvalue weighted by Gasteiger charge is -2.09. The van der Waals surface area contributed by atoms with Crippen molar-refractivity contribution in [2.45, 2.75) is 19.3 Å². The molecule has 1 aromatic carbocycles. The van der Waals surface area contributed by atoms with Crippen molar-refractivity contribution in [3.63, 3.8) is 0 Å². The molecule has 7 heteroatoms. The zero-order valence-electron chi connectivity index (χ0n) is 12.2. The number of nitrogens with two attached hydrogens (primary N) is 1. The van der Waals surface area contributed by atoms with Crippen LogP contribution in [0.2, 0.25) is 0 Å². The largest absolute Gasteiger partial charge is 0.365 e. The maximum absolute atomic E-state index is 12.1. The summed E-state index contributed by atoms with van der Waals surface area (Å²) in [6.45, 7) is 0. The number of hydrogen-bond acceptors (Lipinski definition) is 4. The molecule has 0 saturated heterocycles. The average Bonchev–Trinajstić information content (AvgIpc) is 3.07. The Kier molecular flexibility index (Phi) is 4.40. The fraction of sp³-hybridized carbons (Fsp3) is 0.188. The number of carbonyl (C=O) groups excluding carboxylic acids is 2. The van der Waals surface area contributed by atoms with Crippen LogP contribution < -0.4 is 16.4 Å². The lowest BCUT2D eigenvalue weighted by Crippen LogP contribution is -2.34. The molecule has 0 bridgehead atoms. The molecule has 118 valence electrons. The van der Waals surface area contributed by atoms with E-state index in [0.29, 0.717) is 16.1 Å². The van der Waals surface area contributed by atoms with Crippen LogP contribution in [0.1, 0.15) is 37.6 Å². The van der Waals surface area contributed by atoms with Gasteiger partial charge in [-0.3, -0.25) is 14.9 Å². The third-order valence-electron chi connectivity index (χ3n) is 3.66. The standard InChI is InChI=1S/C16H15N3O2S2/c17-13(20)12-10-7-4-8-11(10)23-15(12)19-16(22)18-14(21)9-5-2-1-3-6-9/h1-3,5-6H,4,7-8H2,(H2,17,20)(H2,18,19,21,22). The van der Waals surface area contributed by atoms with Gasteiger partial charge in [0.1, 0.15) is 5.00 Å². The van der Waals surface area contributed by atoms with Crippen LogP contribution in [-0.2, 0) is 12.8 Å². The van der Waals surface area contributed by atoms with E-state index < -0.39 is 5.91 Å². The molecule has 0 saturated carbocycles. The van der Waals surface area contributed by atoms with Crippen LogP contribution in [-0.4, -0.2) is 16.9 Å². The van der Waals surface area contributed by atoms with Gasteiger partial charge in [-0.25, -0.2) is 0 Å². The van der Waals surface area contributed by atoms with Crippen LogP contribution in [0, 0.1) is 0 Å². The molecule has 3 rings (SSSR count). The molecular formula is C16H15N3O2S2. The Bertz CT molecular complexity index is 784. The van der Waals surface area contributed by atoms with Crippen molar-refractivity contribution < 1.29 is 9.59 Å². The van der Waals surface area contributed by atoms with Gasteiger partial charge in [-0.2, -0.15) is 0 Å². The first-order valence-corrected chi connectivity index (χ1v) is 8.40. The van der Waals surface area contributed by atoms with Crippen molar-refractivity contribution in [2.75, 3.05) is 5.32 Å². The summed E-state index contributed by atoms with van der Waals surface area (Å²) in [5, 5.41) is 6.32. The Balaban J connectivity index is 1.74. The highest BCUT2D eigenvalue weighted by atomic mass is 32.1. The van der Waals surface area contributed by atoms with Gasteiger partial charge in [0.25, 0.3) is 11.8 Å². The van der Waals surface area contributed by atoms with Gasteiger partial charge in [0.05, 0.1) is 5.56 Å². The Hall–Kier alpha value is -2.25. The van der Waals surface area contributed by atoms with Crippen LogP contribution in [0.3, 0.4) is 0 Å². The quantitative estimate of drug-likeness (QED) is 0.746. The SMILES string of the molecule is NC(=O)c1c(NC(=S)NC(=O)c2ccccc2)sc2c1CCC2. The molecule has 2 amide bonds. The minimum atomic E-state index is -0.468. The monoisotopic (exact) mass is 345 g/mol. The van der Waals surface area contributed by atoms with E-state index in [2.05, 4.69) is 10.6 Å². The first-order chi connectivity index (χ1) is 11.1. The number of benzene rings is 1. The fourth-order valence-electron chi connectivity index (χ4n) is 2.65. The van der Waals surface area contributed by atoms with Crippen LogP contribution in [0.4, 0.5) is 5.00 Å². The Morgan fingerprint density at radius 3 is 2.61 bits per heavy atom. The molecular weight excluding hydrogens is 330 g/mol. The molecule has 1 aliphatic carbocycles. The smallest absolute Gasteiger partial charge is 0.257 e. The molecule has 4 N–H and O–H groups in total. The molecule has 0 unspecified atom stereocenters. The van der Waals surface area contributed by atoms with E-state index in [1.807, 2.05) is 6.07 Å². The van der Waals surface area contributed by atoms with E-state index in [1.54, 1.807) is 24.3 Å². The maximum atomic E-state index is 12.1.